The molecule has 1 aromatic carbocycles. The van der Waals surface area contributed by atoms with Crippen molar-refractivity contribution in [1.29, 1.82) is 0 Å². The van der Waals surface area contributed by atoms with Gasteiger partial charge in [-0.05, 0) is 43.9 Å². The maximum atomic E-state index is 12.6. The molecule has 1 heterocycles. The molecule has 4 nitrogen and oxygen atoms in total. The Balaban J connectivity index is 0.00000225. The van der Waals surface area contributed by atoms with Crippen LogP contribution >= 0.6 is 12.4 Å². The predicted molar refractivity (Wildman–Crippen MR) is 89.9 cm³/mol. The van der Waals surface area contributed by atoms with Gasteiger partial charge in [0, 0.05) is 25.0 Å². The van der Waals surface area contributed by atoms with Gasteiger partial charge in [0.15, 0.2) is 0 Å². The van der Waals surface area contributed by atoms with Crippen LogP contribution in [-0.2, 0) is 4.79 Å². The van der Waals surface area contributed by atoms with Crippen LogP contribution in [0, 0.1) is 5.92 Å². The maximum absolute atomic E-state index is 12.6. The van der Waals surface area contributed by atoms with Crippen molar-refractivity contribution in [3.63, 3.8) is 0 Å². The van der Waals surface area contributed by atoms with Crippen LogP contribution in [0.3, 0.4) is 0 Å². The molecule has 25 heavy (non-hydrogen) atoms. The number of likely N-dealkylation sites (tertiary alicyclic amines) is 1. The number of piperidine rings is 1. The zero-order valence-electron chi connectivity index (χ0n) is 13.9. The van der Waals surface area contributed by atoms with Crippen molar-refractivity contribution in [2.75, 3.05) is 20.1 Å². The third-order valence-electron chi connectivity index (χ3n) is 4.87. The minimum atomic E-state index is -4.72. The summed E-state index contributed by atoms with van der Waals surface area (Å²) >= 11 is 0. The Kier molecular flexibility index (Phi) is 6.21. The molecule has 1 aromatic rings. The minimum Gasteiger partial charge on any atom is -0.405 e. The van der Waals surface area contributed by atoms with Crippen molar-refractivity contribution in [2.24, 2.45) is 5.92 Å². The highest BCUT2D eigenvalue weighted by Crippen LogP contribution is 2.51. The Morgan fingerprint density at radius 2 is 1.88 bits per heavy atom. The Morgan fingerprint density at radius 1 is 1.24 bits per heavy atom. The van der Waals surface area contributed by atoms with Gasteiger partial charge < -0.3 is 15.0 Å². The number of rotatable bonds is 4. The highest BCUT2D eigenvalue weighted by Gasteiger charge is 2.48. The molecule has 1 saturated heterocycles. The molecule has 0 bridgehead atoms. The first-order chi connectivity index (χ1) is 11.4. The molecular formula is C17H22ClF3N2O2. The monoisotopic (exact) mass is 378 g/mol. The molecule has 3 rings (SSSR count). The van der Waals surface area contributed by atoms with E-state index < -0.39 is 6.36 Å². The molecule has 2 atom stereocenters. The van der Waals surface area contributed by atoms with Crippen LogP contribution in [0.25, 0.3) is 0 Å². The van der Waals surface area contributed by atoms with Gasteiger partial charge in [0.25, 0.3) is 0 Å². The van der Waals surface area contributed by atoms with E-state index in [1.54, 1.807) is 12.1 Å². The van der Waals surface area contributed by atoms with E-state index in [-0.39, 0.29) is 35.9 Å². The van der Waals surface area contributed by atoms with Crippen LogP contribution in [0.15, 0.2) is 24.3 Å². The van der Waals surface area contributed by atoms with Crippen LogP contribution in [-0.4, -0.2) is 43.3 Å². The van der Waals surface area contributed by atoms with E-state index >= 15 is 0 Å². The molecule has 1 aliphatic carbocycles. The summed E-state index contributed by atoms with van der Waals surface area (Å²) in [6.07, 6.45) is -2.32. The molecule has 0 radical (unpaired) electrons. The van der Waals surface area contributed by atoms with Gasteiger partial charge in [0.1, 0.15) is 5.75 Å². The van der Waals surface area contributed by atoms with Crippen molar-refractivity contribution in [3.8, 4) is 5.75 Å². The van der Waals surface area contributed by atoms with Gasteiger partial charge in [-0.1, -0.05) is 18.2 Å². The quantitative estimate of drug-likeness (QED) is 0.874. The fraction of sp³-hybridized carbons (Fsp3) is 0.588. The molecule has 1 saturated carbocycles. The zero-order valence-corrected chi connectivity index (χ0v) is 14.7. The largest absolute Gasteiger partial charge is 0.573 e. The van der Waals surface area contributed by atoms with Gasteiger partial charge in [-0.15, -0.1) is 25.6 Å². The lowest BCUT2D eigenvalue weighted by Crippen LogP contribution is -2.44. The van der Waals surface area contributed by atoms with Crippen LogP contribution in [0.4, 0.5) is 13.2 Å². The standard InChI is InChI=1S/C17H21F3N2O2.ClH/c1-21-11-6-8-22(9-7-11)16(23)14-10-13(14)12-4-2-3-5-15(12)24-17(18,19)20;/h2-5,11,13-14,21H,6-10H2,1H3;1H. The Hall–Kier alpha value is -1.47. The normalized spacial score (nSPS) is 23.8. The van der Waals surface area contributed by atoms with Gasteiger partial charge >= 0.3 is 6.36 Å². The Morgan fingerprint density at radius 3 is 2.48 bits per heavy atom. The lowest BCUT2D eigenvalue weighted by atomic mass is 10.0. The van der Waals surface area contributed by atoms with Gasteiger partial charge in [-0.2, -0.15) is 0 Å². The number of carbonyl (C=O) groups is 1. The highest BCUT2D eigenvalue weighted by molar-refractivity contribution is 5.85. The van der Waals surface area contributed by atoms with Crippen molar-refractivity contribution in [2.45, 2.75) is 37.6 Å². The molecule has 1 aliphatic heterocycles. The molecule has 0 spiro atoms. The van der Waals surface area contributed by atoms with E-state index in [0.29, 0.717) is 31.1 Å². The predicted octanol–water partition coefficient (Wildman–Crippen LogP) is 3.32. The highest BCUT2D eigenvalue weighted by atomic mass is 35.5. The van der Waals surface area contributed by atoms with Crippen LogP contribution in [0.5, 0.6) is 5.75 Å². The molecule has 140 valence electrons. The van der Waals surface area contributed by atoms with Crippen LogP contribution < -0.4 is 10.1 Å². The number of para-hydroxylation sites is 1. The summed E-state index contributed by atoms with van der Waals surface area (Å²) in [4.78, 5) is 14.4. The van der Waals surface area contributed by atoms with Crippen LogP contribution in [0.1, 0.15) is 30.7 Å². The smallest absolute Gasteiger partial charge is 0.405 e. The molecule has 0 aromatic heterocycles. The lowest BCUT2D eigenvalue weighted by Gasteiger charge is -2.32. The summed E-state index contributed by atoms with van der Waals surface area (Å²) in [5.74, 6) is -0.553. The average molecular weight is 379 g/mol. The molecule has 1 amide bonds. The number of halogens is 4. The van der Waals surface area contributed by atoms with Crippen molar-refractivity contribution in [3.05, 3.63) is 29.8 Å². The SMILES string of the molecule is CNC1CCN(C(=O)C2CC2c2ccccc2OC(F)(F)F)CC1.Cl. The lowest BCUT2D eigenvalue weighted by molar-refractivity contribution is -0.274. The summed E-state index contributed by atoms with van der Waals surface area (Å²) < 4.78 is 41.7. The summed E-state index contributed by atoms with van der Waals surface area (Å²) in [5, 5.41) is 3.21. The van der Waals surface area contributed by atoms with E-state index in [9.17, 15) is 18.0 Å². The number of ether oxygens (including phenoxy) is 1. The first-order valence-electron chi connectivity index (χ1n) is 8.20. The topological polar surface area (TPSA) is 41.6 Å². The number of nitrogens with one attached hydrogen (secondary N) is 1. The number of nitrogens with zero attached hydrogens (tertiary/aromatic N) is 1. The van der Waals surface area contributed by atoms with Crippen molar-refractivity contribution >= 4 is 18.3 Å². The van der Waals surface area contributed by atoms with E-state index in [4.69, 9.17) is 0 Å². The van der Waals surface area contributed by atoms with Crippen molar-refractivity contribution < 1.29 is 22.7 Å². The number of hydrogen-bond donors (Lipinski definition) is 1. The van der Waals surface area contributed by atoms with Crippen molar-refractivity contribution in [1.82, 2.24) is 10.2 Å². The molecule has 2 aliphatic rings. The number of alkyl halides is 3. The zero-order chi connectivity index (χ0) is 17.3. The van der Waals surface area contributed by atoms with E-state index in [1.807, 2.05) is 11.9 Å². The van der Waals surface area contributed by atoms with Gasteiger partial charge in [-0.3, -0.25) is 4.79 Å². The Labute approximate surface area is 151 Å². The summed E-state index contributed by atoms with van der Waals surface area (Å²) in [6.45, 7) is 1.41. The number of carbonyl (C=O) groups excluding carboxylic acids is 1. The number of benzene rings is 1. The molecule has 2 unspecified atom stereocenters. The third kappa shape index (κ3) is 4.79. The minimum absolute atomic E-state index is 0. The summed E-state index contributed by atoms with van der Waals surface area (Å²) in [7, 11) is 1.91. The number of hydrogen-bond acceptors (Lipinski definition) is 3. The van der Waals surface area contributed by atoms with E-state index in [1.165, 1.54) is 12.1 Å². The first-order valence-corrected chi connectivity index (χ1v) is 8.20. The maximum Gasteiger partial charge on any atom is 0.573 e. The molecule has 8 heteroatoms. The second kappa shape index (κ2) is 7.83. The second-order valence-electron chi connectivity index (χ2n) is 6.42. The average Bonchev–Trinajstić information content (AvgIpc) is 3.34. The summed E-state index contributed by atoms with van der Waals surface area (Å²) in [6, 6.07) is 6.54. The number of amides is 1. The molecule has 1 N–H and O–H groups in total. The first kappa shape index (κ1) is 19.8. The second-order valence-corrected chi connectivity index (χ2v) is 6.42. The van der Waals surface area contributed by atoms with Gasteiger partial charge in [0.05, 0.1) is 0 Å². The molecular weight excluding hydrogens is 357 g/mol. The fourth-order valence-electron chi connectivity index (χ4n) is 3.44. The van der Waals surface area contributed by atoms with Gasteiger partial charge in [0.2, 0.25) is 5.91 Å². The Bertz CT molecular complexity index is 604. The van der Waals surface area contributed by atoms with Gasteiger partial charge in [-0.25, -0.2) is 0 Å². The molecule has 2 fully saturated rings. The fourth-order valence-corrected chi connectivity index (χ4v) is 3.44. The van der Waals surface area contributed by atoms with E-state index in [2.05, 4.69) is 10.1 Å². The third-order valence-corrected chi connectivity index (χ3v) is 4.87. The summed E-state index contributed by atoms with van der Waals surface area (Å²) in [5.41, 5.74) is 0.471. The van der Waals surface area contributed by atoms with E-state index in [0.717, 1.165) is 12.8 Å². The van der Waals surface area contributed by atoms with Crippen LogP contribution in [0.2, 0.25) is 0 Å².